The Bertz CT molecular complexity index is 1120. The van der Waals surface area contributed by atoms with Crippen LogP contribution in [0, 0.1) is 0 Å². The molecule has 1 aromatic heterocycles. The van der Waals surface area contributed by atoms with Gasteiger partial charge < -0.3 is 15.2 Å². The Morgan fingerprint density at radius 3 is 2.21 bits per heavy atom. The lowest BCUT2D eigenvalue weighted by atomic mass is 9.98. The van der Waals surface area contributed by atoms with E-state index in [2.05, 4.69) is 22.4 Å². The van der Waals surface area contributed by atoms with Gasteiger partial charge >= 0.3 is 12.1 Å². The number of aryl methyl sites for hydroxylation is 1. The Balaban J connectivity index is 1.37. The van der Waals surface area contributed by atoms with Gasteiger partial charge in [-0.2, -0.15) is 11.8 Å². The maximum absolute atomic E-state index is 12.7. The van der Waals surface area contributed by atoms with Gasteiger partial charge in [0.05, 0.1) is 0 Å². The van der Waals surface area contributed by atoms with Gasteiger partial charge in [-0.1, -0.05) is 48.5 Å². The number of nitrogens with zero attached hydrogens (tertiary/aromatic N) is 1. The number of benzene rings is 2. The molecular formula is C27H28N2O4S. The number of ether oxygens (including phenoxy) is 1. The van der Waals surface area contributed by atoms with Crippen molar-refractivity contribution in [1.29, 1.82) is 0 Å². The molecule has 1 atom stereocenters. The van der Waals surface area contributed by atoms with Crippen LogP contribution in [0.25, 0.3) is 11.1 Å². The topological polar surface area (TPSA) is 88.5 Å². The average molecular weight is 477 g/mol. The molecule has 2 aromatic carbocycles. The van der Waals surface area contributed by atoms with E-state index in [1.54, 1.807) is 12.4 Å². The van der Waals surface area contributed by atoms with Crippen molar-refractivity contribution in [3.05, 3.63) is 89.7 Å². The second-order valence-electron chi connectivity index (χ2n) is 8.80. The fraction of sp³-hybridized carbons (Fsp3) is 0.296. The fourth-order valence-electron chi connectivity index (χ4n) is 4.36. The number of aromatic nitrogens is 1. The molecule has 0 bridgehead atoms. The van der Waals surface area contributed by atoms with Crippen LogP contribution >= 0.6 is 11.8 Å². The highest BCUT2D eigenvalue weighted by Crippen LogP contribution is 2.44. The number of hydrogen-bond acceptors (Lipinski definition) is 5. The van der Waals surface area contributed by atoms with E-state index in [1.165, 1.54) is 11.8 Å². The summed E-state index contributed by atoms with van der Waals surface area (Å²) in [5.41, 5.74) is 5.63. The highest BCUT2D eigenvalue weighted by Gasteiger charge is 2.38. The van der Waals surface area contributed by atoms with Gasteiger partial charge in [-0.25, -0.2) is 9.59 Å². The molecule has 0 saturated heterocycles. The van der Waals surface area contributed by atoms with Gasteiger partial charge in [-0.15, -0.1) is 0 Å². The van der Waals surface area contributed by atoms with Crippen molar-refractivity contribution in [1.82, 2.24) is 10.3 Å². The van der Waals surface area contributed by atoms with Gasteiger partial charge in [0.2, 0.25) is 0 Å². The maximum atomic E-state index is 12.7. The van der Waals surface area contributed by atoms with Crippen LogP contribution in [0.4, 0.5) is 4.79 Å². The molecule has 0 aliphatic heterocycles. The molecule has 3 aromatic rings. The molecule has 6 nitrogen and oxygen atoms in total. The Morgan fingerprint density at radius 2 is 1.62 bits per heavy atom. The molecule has 34 heavy (non-hydrogen) atoms. The van der Waals surface area contributed by atoms with Gasteiger partial charge in [0, 0.05) is 23.1 Å². The molecule has 176 valence electrons. The third-order valence-electron chi connectivity index (χ3n) is 6.16. The zero-order valence-electron chi connectivity index (χ0n) is 19.2. The molecular weight excluding hydrogens is 448 g/mol. The molecule has 1 aliphatic carbocycles. The molecule has 1 amide bonds. The minimum Gasteiger partial charge on any atom is -0.480 e. The summed E-state index contributed by atoms with van der Waals surface area (Å²) in [6, 6.07) is 19.0. The van der Waals surface area contributed by atoms with E-state index in [-0.39, 0.29) is 12.5 Å². The van der Waals surface area contributed by atoms with Crippen LogP contribution in [0.15, 0.2) is 73.1 Å². The number of pyridine rings is 1. The number of nitrogens with one attached hydrogen (secondary N) is 1. The first-order chi connectivity index (χ1) is 16.4. The number of carbonyl (C=O) groups is 2. The summed E-state index contributed by atoms with van der Waals surface area (Å²) in [6.07, 6.45) is 3.54. The predicted octanol–water partition coefficient (Wildman–Crippen LogP) is 5.13. The van der Waals surface area contributed by atoms with Gasteiger partial charge in [-0.05, 0) is 66.0 Å². The fourth-order valence-corrected chi connectivity index (χ4v) is 5.55. The van der Waals surface area contributed by atoms with E-state index in [4.69, 9.17) is 4.74 Å². The summed E-state index contributed by atoms with van der Waals surface area (Å²) in [5, 5.41) is 12.4. The van der Waals surface area contributed by atoms with E-state index >= 15 is 0 Å². The van der Waals surface area contributed by atoms with Crippen molar-refractivity contribution < 1.29 is 19.4 Å². The van der Waals surface area contributed by atoms with Gasteiger partial charge in [0.1, 0.15) is 12.6 Å². The Hall–Kier alpha value is -3.32. The van der Waals surface area contributed by atoms with Crippen LogP contribution in [-0.2, 0) is 16.0 Å². The molecule has 0 fully saturated rings. The van der Waals surface area contributed by atoms with Crippen LogP contribution in [0.3, 0.4) is 0 Å². The summed E-state index contributed by atoms with van der Waals surface area (Å²) >= 11 is 1.51. The number of hydrogen-bond donors (Lipinski definition) is 2. The number of aliphatic carboxylic acids is 1. The zero-order chi connectivity index (χ0) is 24.1. The molecule has 2 N–H and O–H groups in total. The maximum Gasteiger partial charge on any atom is 0.407 e. The van der Waals surface area contributed by atoms with Crippen molar-refractivity contribution in [2.24, 2.45) is 0 Å². The van der Waals surface area contributed by atoms with Gasteiger partial charge in [0.25, 0.3) is 0 Å². The van der Waals surface area contributed by atoms with Crippen molar-refractivity contribution in [2.75, 3.05) is 12.4 Å². The zero-order valence-corrected chi connectivity index (χ0v) is 20.0. The number of amides is 1. The molecule has 0 saturated carbocycles. The summed E-state index contributed by atoms with van der Waals surface area (Å²) < 4.78 is 4.83. The third kappa shape index (κ3) is 5.25. The summed E-state index contributed by atoms with van der Waals surface area (Å²) in [7, 11) is 0. The molecule has 1 heterocycles. The quantitative estimate of drug-likeness (QED) is 0.445. The molecule has 1 aliphatic rings. The van der Waals surface area contributed by atoms with E-state index in [0.717, 1.165) is 34.2 Å². The van der Waals surface area contributed by atoms with Crippen LogP contribution in [-0.4, -0.2) is 45.3 Å². The minimum atomic E-state index is -1.09. The lowest BCUT2D eigenvalue weighted by Crippen LogP contribution is -2.53. The van der Waals surface area contributed by atoms with Crippen LogP contribution < -0.4 is 5.32 Å². The first-order valence-electron chi connectivity index (χ1n) is 11.2. The molecule has 0 radical (unpaired) electrons. The monoisotopic (exact) mass is 476 g/mol. The van der Waals surface area contributed by atoms with Crippen LogP contribution in [0.5, 0.6) is 0 Å². The summed E-state index contributed by atoms with van der Waals surface area (Å²) in [6.45, 7) is 3.79. The van der Waals surface area contributed by atoms with E-state index in [1.807, 2.05) is 62.4 Å². The summed E-state index contributed by atoms with van der Waals surface area (Å²) in [4.78, 5) is 28.7. The van der Waals surface area contributed by atoms with Crippen molar-refractivity contribution in [3.8, 4) is 11.1 Å². The van der Waals surface area contributed by atoms with Crippen molar-refractivity contribution in [3.63, 3.8) is 0 Å². The number of carboxylic acid groups (broad SMARTS) is 1. The molecule has 7 heteroatoms. The highest BCUT2D eigenvalue weighted by atomic mass is 32.2. The predicted molar refractivity (Wildman–Crippen MR) is 134 cm³/mol. The molecule has 0 unspecified atom stereocenters. The summed E-state index contributed by atoms with van der Waals surface area (Å²) in [5.74, 6) is -0.452. The van der Waals surface area contributed by atoms with Crippen molar-refractivity contribution in [2.45, 2.75) is 37.0 Å². The number of carbonyl (C=O) groups excluding carboxylic acids is 1. The lowest BCUT2D eigenvalue weighted by molar-refractivity contribution is -0.140. The van der Waals surface area contributed by atoms with E-state index < -0.39 is 22.9 Å². The van der Waals surface area contributed by atoms with Crippen LogP contribution in [0.2, 0.25) is 0 Å². The Kier molecular flexibility index (Phi) is 7.22. The SMILES string of the molecule is CC(C)(SCCc1ccncc1)[C@@H](NC(=O)OCC1c2ccccc2-c2ccccc21)C(=O)O. The van der Waals surface area contributed by atoms with Gasteiger partial charge in [0.15, 0.2) is 0 Å². The minimum absolute atomic E-state index is 0.0795. The van der Waals surface area contributed by atoms with Gasteiger partial charge in [-0.3, -0.25) is 4.98 Å². The van der Waals surface area contributed by atoms with E-state index in [0.29, 0.717) is 5.75 Å². The normalized spacial score (nSPS) is 13.6. The van der Waals surface area contributed by atoms with E-state index in [9.17, 15) is 14.7 Å². The first kappa shape index (κ1) is 23.8. The highest BCUT2D eigenvalue weighted by molar-refractivity contribution is 8.00. The number of fused-ring (bicyclic) bond motifs is 3. The molecule has 0 spiro atoms. The number of alkyl carbamates (subject to hydrolysis) is 1. The lowest BCUT2D eigenvalue weighted by Gasteiger charge is -2.31. The first-order valence-corrected chi connectivity index (χ1v) is 12.2. The number of rotatable bonds is 9. The van der Waals surface area contributed by atoms with Crippen molar-refractivity contribution >= 4 is 23.8 Å². The Morgan fingerprint density at radius 1 is 1.03 bits per heavy atom. The standard InChI is InChI=1S/C27H28N2O4S/c1-27(2,34-16-13-18-11-14-28-15-12-18)24(25(30)31)29-26(32)33-17-23-21-9-5-3-7-19(21)20-8-4-6-10-22(20)23/h3-12,14-15,23-24H,13,16-17H2,1-2H3,(H,29,32)(H,30,31)/t24-/m0/s1. The smallest absolute Gasteiger partial charge is 0.407 e. The second kappa shape index (κ2) is 10.3. The third-order valence-corrected chi connectivity index (χ3v) is 7.55. The molecule has 4 rings (SSSR count). The largest absolute Gasteiger partial charge is 0.480 e. The number of carboxylic acids is 1. The second-order valence-corrected chi connectivity index (χ2v) is 10.5. The average Bonchev–Trinajstić information content (AvgIpc) is 3.15. The number of thioether (sulfide) groups is 1. The Labute approximate surface area is 203 Å². The van der Waals surface area contributed by atoms with Crippen LogP contribution in [0.1, 0.15) is 36.5 Å².